The van der Waals surface area contributed by atoms with Gasteiger partial charge in [-0.05, 0) is 42.3 Å². The first-order valence-corrected chi connectivity index (χ1v) is 11.2. The van der Waals surface area contributed by atoms with E-state index >= 15 is 0 Å². The molecule has 0 saturated heterocycles. The molecule has 0 saturated carbocycles. The molecular weight excluding hydrogens is 465 g/mol. The summed E-state index contributed by atoms with van der Waals surface area (Å²) in [6.07, 6.45) is -4.67. The van der Waals surface area contributed by atoms with Crippen LogP contribution in [-0.4, -0.2) is 20.4 Å². The van der Waals surface area contributed by atoms with Crippen LogP contribution in [0.4, 0.5) is 18.9 Å². The molecular formula is C22H18ClF3N2O3S. The third-order valence-corrected chi connectivity index (χ3v) is 6.32. The summed E-state index contributed by atoms with van der Waals surface area (Å²) >= 11 is 5.96. The van der Waals surface area contributed by atoms with E-state index < -0.39 is 33.7 Å². The molecule has 32 heavy (non-hydrogen) atoms. The van der Waals surface area contributed by atoms with Crippen molar-refractivity contribution in [2.45, 2.75) is 23.5 Å². The Balaban J connectivity index is 1.90. The number of benzene rings is 3. The number of hydrogen-bond donors (Lipinski definition) is 2. The van der Waals surface area contributed by atoms with Crippen molar-refractivity contribution in [1.29, 1.82) is 0 Å². The molecule has 3 aromatic carbocycles. The van der Waals surface area contributed by atoms with Crippen molar-refractivity contribution in [2.24, 2.45) is 0 Å². The summed E-state index contributed by atoms with van der Waals surface area (Å²) in [5.74, 6) is -0.852. The smallest absolute Gasteiger partial charge is 0.323 e. The minimum atomic E-state index is -4.64. The Kier molecular flexibility index (Phi) is 7.22. The van der Waals surface area contributed by atoms with E-state index in [0.29, 0.717) is 11.6 Å². The Labute approximate surface area is 188 Å². The molecule has 3 aromatic rings. The highest BCUT2D eigenvalue weighted by Crippen LogP contribution is 2.34. The van der Waals surface area contributed by atoms with Gasteiger partial charge < -0.3 is 5.32 Å². The van der Waals surface area contributed by atoms with E-state index in [2.05, 4.69) is 10.0 Å². The van der Waals surface area contributed by atoms with Crippen LogP contribution in [0.3, 0.4) is 0 Å². The van der Waals surface area contributed by atoms with Crippen LogP contribution < -0.4 is 10.0 Å². The molecule has 0 spiro atoms. The SMILES string of the molecule is O=C(Nc1cc(C(F)(F)F)ccc1Cl)[C@@H](Cc1ccccc1)NS(=O)(=O)c1ccccc1. The molecule has 0 radical (unpaired) electrons. The van der Waals surface area contributed by atoms with E-state index in [1.165, 1.54) is 24.3 Å². The Morgan fingerprint density at radius 2 is 1.53 bits per heavy atom. The van der Waals surface area contributed by atoms with Gasteiger partial charge in [-0.1, -0.05) is 60.1 Å². The number of amides is 1. The molecule has 0 aliphatic carbocycles. The molecule has 0 aromatic heterocycles. The summed E-state index contributed by atoms with van der Waals surface area (Å²) < 4.78 is 67.0. The number of anilines is 1. The summed E-state index contributed by atoms with van der Waals surface area (Å²) in [5.41, 5.74) is -0.622. The molecule has 3 rings (SSSR count). The van der Waals surface area contributed by atoms with Crippen LogP contribution in [0.15, 0.2) is 83.8 Å². The lowest BCUT2D eigenvalue weighted by Gasteiger charge is -2.20. The molecule has 0 bridgehead atoms. The zero-order valence-electron chi connectivity index (χ0n) is 16.4. The maximum absolute atomic E-state index is 13.0. The number of carbonyl (C=O) groups is 1. The molecule has 0 heterocycles. The third kappa shape index (κ3) is 6.09. The van der Waals surface area contributed by atoms with Crippen LogP contribution in [-0.2, 0) is 27.4 Å². The Bertz CT molecular complexity index is 1190. The first kappa shape index (κ1) is 23.8. The maximum Gasteiger partial charge on any atom is 0.416 e. The molecule has 0 unspecified atom stereocenters. The van der Waals surface area contributed by atoms with Crippen LogP contribution >= 0.6 is 11.6 Å². The lowest BCUT2D eigenvalue weighted by Crippen LogP contribution is -2.45. The highest BCUT2D eigenvalue weighted by atomic mass is 35.5. The summed E-state index contributed by atoms with van der Waals surface area (Å²) in [6, 6.07) is 17.2. The van der Waals surface area contributed by atoms with E-state index in [4.69, 9.17) is 11.6 Å². The number of carbonyl (C=O) groups excluding carboxylic acids is 1. The van der Waals surface area contributed by atoms with E-state index in [1.54, 1.807) is 36.4 Å². The number of hydrogen-bond acceptors (Lipinski definition) is 3. The fraction of sp³-hybridized carbons (Fsp3) is 0.136. The molecule has 5 nitrogen and oxygen atoms in total. The first-order chi connectivity index (χ1) is 15.1. The Morgan fingerprint density at radius 1 is 0.938 bits per heavy atom. The Morgan fingerprint density at radius 3 is 2.12 bits per heavy atom. The van der Waals surface area contributed by atoms with Crippen molar-refractivity contribution in [3.05, 3.63) is 95.0 Å². The topological polar surface area (TPSA) is 75.3 Å². The van der Waals surface area contributed by atoms with Gasteiger partial charge in [0.25, 0.3) is 0 Å². The molecule has 1 atom stereocenters. The summed E-state index contributed by atoms with van der Waals surface area (Å²) in [6.45, 7) is 0. The zero-order valence-corrected chi connectivity index (χ0v) is 18.0. The van der Waals surface area contributed by atoms with Gasteiger partial charge in [-0.3, -0.25) is 4.79 Å². The normalized spacial score (nSPS) is 12.9. The van der Waals surface area contributed by atoms with Gasteiger partial charge in [0, 0.05) is 0 Å². The summed E-state index contributed by atoms with van der Waals surface area (Å²) in [4.78, 5) is 12.9. The fourth-order valence-electron chi connectivity index (χ4n) is 2.91. The minimum absolute atomic E-state index is 0.0324. The monoisotopic (exact) mass is 482 g/mol. The van der Waals surface area contributed by atoms with Crippen LogP contribution in [0.25, 0.3) is 0 Å². The second-order valence-corrected chi connectivity index (χ2v) is 8.98. The maximum atomic E-state index is 13.0. The molecule has 1 amide bonds. The van der Waals surface area contributed by atoms with Gasteiger partial charge in [0.2, 0.25) is 15.9 Å². The van der Waals surface area contributed by atoms with Gasteiger partial charge in [0.1, 0.15) is 6.04 Å². The van der Waals surface area contributed by atoms with Crippen molar-refractivity contribution >= 4 is 33.2 Å². The standard InChI is InChI=1S/C22H18ClF3N2O3S/c23-18-12-11-16(22(24,25)26)14-19(18)27-21(29)20(13-15-7-3-1-4-8-15)28-32(30,31)17-9-5-2-6-10-17/h1-12,14,20,28H,13H2,(H,27,29)/t20-/m1/s1. The fourth-order valence-corrected chi connectivity index (χ4v) is 4.29. The van der Waals surface area contributed by atoms with Gasteiger partial charge in [-0.2, -0.15) is 17.9 Å². The average molecular weight is 483 g/mol. The van der Waals surface area contributed by atoms with E-state index in [9.17, 15) is 26.4 Å². The van der Waals surface area contributed by atoms with Gasteiger partial charge in [-0.15, -0.1) is 0 Å². The van der Waals surface area contributed by atoms with Gasteiger partial charge in [0.15, 0.2) is 0 Å². The highest BCUT2D eigenvalue weighted by molar-refractivity contribution is 7.89. The highest BCUT2D eigenvalue weighted by Gasteiger charge is 2.32. The zero-order chi connectivity index (χ0) is 23.4. The van der Waals surface area contributed by atoms with Gasteiger partial charge in [-0.25, -0.2) is 8.42 Å². The number of sulfonamides is 1. The largest absolute Gasteiger partial charge is 0.416 e. The summed E-state index contributed by atoms with van der Waals surface area (Å²) in [5, 5.41) is 2.20. The van der Waals surface area contributed by atoms with Gasteiger partial charge in [0.05, 0.1) is 21.2 Å². The molecule has 0 aliphatic rings. The second kappa shape index (κ2) is 9.72. The number of nitrogens with one attached hydrogen (secondary N) is 2. The number of rotatable bonds is 7. The van der Waals surface area contributed by atoms with E-state index in [1.807, 2.05) is 0 Å². The number of alkyl halides is 3. The quantitative estimate of drug-likeness (QED) is 0.503. The van der Waals surface area contributed by atoms with Crippen molar-refractivity contribution in [3.63, 3.8) is 0 Å². The van der Waals surface area contributed by atoms with E-state index in [0.717, 1.165) is 12.1 Å². The van der Waals surface area contributed by atoms with Crippen LogP contribution in [0.2, 0.25) is 5.02 Å². The van der Waals surface area contributed by atoms with Crippen molar-refractivity contribution in [2.75, 3.05) is 5.32 Å². The molecule has 168 valence electrons. The van der Waals surface area contributed by atoms with Crippen LogP contribution in [0.5, 0.6) is 0 Å². The first-order valence-electron chi connectivity index (χ1n) is 9.35. The molecule has 10 heteroatoms. The predicted molar refractivity (Wildman–Crippen MR) is 116 cm³/mol. The number of halogens is 4. The summed E-state index contributed by atoms with van der Waals surface area (Å²) in [7, 11) is -4.08. The third-order valence-electron chi connectivity index (χ3n) is 4.50. The Hall–Kier alpha value is -2.88. The molecule has 0 aliphatic heterocycles. The lowest BCUT2D eigenvalue weighted by atomic mass is 10.1. The van der Waals surface area contributed by atoms with Crippen LogP contribution in [0, 0.1) is 0 Å². The molecule has 0 fully saturated rings. The molecule has 2 N–H and O–H groups in total. The van der Waals surface area contributed by atoms with Crippen molar-refractivity contribution < 1.29 is 26.4 Å². The predicted octanol–water partition coefficient (Wildman–Crippen LogP) is 4.89. The van der Waals surface area contributed by atoms with Crippen molar-refractivity contribution in [1.82, 2.24) is 4.72 Å². The minimum Gasteiger partial charge on any atom is -0.323 e. The lowest BCUT2D eigenvalue weighted by molar-refractivity contribution is -0.137. The van der Waals surface area contributed by atoms with E-state index in [-0.39, 0.29) is 22.0 Å². The van der Waals surface area contributed by atoms with Crippen molar-refractivity contribution in [3.8, 4) is 0 Å². The average Bonchev–Trinajstić information content (AvgIpc) is 2.75. The van der Waals surface area contributed by atoms with Crippen LogP contribution in [0.1, 0.15) is 11.1 Å². The van der Waals surface area contributed by atoms with Gasteiger partial charge >= 0.3 is 6.18 Å². The second-order valence-electron chi connectivity index (χ2n) is 6.86.